The van der Waals surface area contributed by atoms with Gasteiger partial charge in [0.25, 0.3) is 5.91 Å². The minimum atomic E-state index is 0.00590. The molecule has 0 N–H and O–H groups in total. The van der Waals surface area contributed by atoms with E-state index >= 15 is 0 Å². The van der Waals surface area contributed by atoms with Crippen LogP contribution in [0.15, 0.2) is 42.5 Å². The third-order valence-corrected chi connectivity index (χ3v) is 6.53. The van der Waals surface area contributed by atoms with E-state index < -0.39 is 0 Å². The van der Waals surface area contributed by atoms with Crippen molar-refractivity contribution in [3.05, 3.63) is 65.0 Å². The number of hydrogen-bond donors (Lipinski definition) is 0. The number of anilines is 1. The number of piperazine rings is 1. The Balaban J connectivity index is 1.20. The molecule has 1 aromatic heterocycles. The summed E-state index contributed by atoms with van der Waals surface area (Å²) < 4.78 is 0. The van der Waals surface area contributed by atoms with E-state index in [0.29, 0.717) is 38.3 Å². The number of benzene rings is 2. The molecule has 2 aliphatic rings. The van der Waals surface area contributed by atoms with Gasteiger partial charge >= 0.3 is 0 Å². The molecule has 0 atom stereocenters. The van der Waals surface area contributed by atoms with Gasteiger partial charge in [-0.2, -0.15) is 0 Å². The highest BCUT2D eigenvalue weighted by atomic mass is 16.2. The lowest BCUT2D eigenvalue weighted by Crippen LogP contribution is -2.51. The summed E-state index contributed by atoms with van der Waals surface area (Å²) in [5.74, 6) is 0.139. The Bertz CT molecular complexity index is 1200. The third kappa shape index (κ3) is 3.84. The molecule has 2 amide bonds. The van der Waals surface area contributed by atoms with Gasteiger partial charge in [0.2, 0.25) is 5.91 Å². The Morgan fingerprint density at radius 3 is 2.38 bits per heavy atom. The zero-order valence-corrected chi connectivity index (χ0v) is 18.5. The summed E-state index contributed by atoms with van der Waals surface area (Å²) in [5, 5.41) is 0. The van der Waals surface area contributed by atoms with Gasteiger partial charge in [0, 0.05) is 44.0 Å². The zero-order chi connectivity index (χ0) is 22.2. The first-order chi connectivity index (χ1) is 15.5. The van der Waals surface area contributed by atoms with Gasteiger partial charge in [-0.05, 0) is 50.1 Å². The van der Waals surface area contributed by atoms with Gasteiger partial charge in [-0.1, -0.05) is 18.2 Å². The molecule has 3 heterocycles. The van der Waals surface area contributed by atoms with Crippen molar-refractivity contribution in [3.63, 3.8) is 0 Å². The molecule has 0 bridgehead atoms. The zero-order valence-electron chi connectivity index (χ0n) is 18.5. The molecule has 7 heteroatoms. The van der Waals surface area contributed by atoms with Crippen LogP contribution in [-0.4, -0.2) is 70.9 Å². The average molecular weight is 430 g/mol. The van der Waals surface area contributed by atoms with Crippen LogP contribution in [-0.2, 0) is 11.2 Å². The molecule has 1 fully saturated rings. The van der Waals surface area contributed by atoms with E-state index in [1.807, 2.05) is 60.0 Å². The highest BCUT2D eigenvalue weighted by Crippen LogP contribution is 2.27. The van der Waals surface area contributed by atoms with Crippen molar-refractivity contribution in [1.29, 1.82) is 0 Å². The normalized spacial score (nSPS) is 16.4. The van der Waals surface area contributed by atoms with Crippen molar-refractivity contribution in [2.75, 3.05) is 44.2 Å². The van der Waals surface area contributed by atoms with Crippen LogP contribution >= 0.6 is 0 Å². The number of fused-ring (bicyclic) bond motifs is 2. The van der Waals surface area contributed by atoms with Crippen molar-refractivity contribution in [2.24, 2.45) is 0 Å². The first-order valence-electron chi connectivity index (χ1n) is 11.1. The van der Waals surface area contributed by atoms with Crippen molar-refractivity contribution in [1.82, 2.24) is 19.8 Å². The predicted molar refractivity (Wildman–Crippen MR) is 124 cm³/mol. The quantitative estimate of drug-likeness (QED) is 0.640. The molecule has 0 saturated carbocycles. The first kappa shape index (κ1) is 20.6. The molecule has 7 nitrogen and oxygen atoms in total. The van der Waals surface area contributed by atoms with E-state index in [4.69, 9.17) is 0 Å². The van der Waals surface area contributed by atoms with Crippen LogP contribution in [0, 0.1) is 13.8 Å². The maximum absolute atomic E-state index is 13.1. The lowest BCUT2D eigenvalue weighted by Gasteiger charge is -2.35. The minimum absolute atomic E-state index is 0.00590. The fourth-order valence-electron chi connectivity index (χ4n) is 4.53. The molecule has 5 rings (SSSR count). The van der Waals surface area contributed by atoms with Crippen LogP contribution < -0.4 is 4.90 Å². The van der Waals surface area contributed by atoms with Gasteiger partial charge < -0.3 is 9.80 Å². The molecule has 3 aromatic rings. The molecular weight excluding hydrogens is 402 g/mol. The second kappa shape index (κ2) is 8.31. The second-order valence-electron chi connectivity index (χ2n) is 8.59. The van der Waals surface area contributed by atoms with Gasteiger partial charge in [0.15, 0.2) is 0 Å². The summed E-state index contributed by atoms with van der Waals surface area (Å²) in [6.07, 6.45) is 0.916. The van der Waals surface area contributed by atoms with Crippen LogP contribution in [0.25, 0.3) is 11.0 Å². The van der Waals surface area contributed by atoms with E-state index in [1.54, 1.807) is 0 Å². The third-order valence-electron chi connectivity index (χ3n) is 6.53. The molecule has 1 saturated heterocycles. The van der Waals surface area contributed by atoms with Gasteiger partial charge in [0.1, 0.15) is 0 Å². The average Bonchev–Trinajstić information content (AvgIpc) is 3.24. The van der Waals surface area contributed by atoms with Gasteiger partial charge in [-0.25, -0.2) is 9.97 Å². The molecule has 0 unspecified atom stereocenters. The Morgan fingerprint density at radius 1 is 0.875 bits per heavy atom. The number of rotatable bonds is 3. The Kier molecular flexibility index (Phi) is 5.35. The van der Waals surface area contributed by atoms with Crippen molar-refractivity contribution >= 4 is 28.5 Å². The van der Waals surface area contributed by atoms with E-state index in [2.05, 4.69) is 20.9 Å². The number of aryl methyl sites for hydroxylation is 2. The number of nitrogens with zero attached hydrogens (tertiary/aromatic N) is 5. The molecule has 0 spiro atoms. The summed E-state index contributed by atoms with van der Waals surface area (Å²) in [4.78, 5) is 41.0. The number of carbonyl (C=O) groups excluding carboxylic acids is 2. The smallest absolute Gasteiger partial charge is 0.254 e. The van der Waals surface area contributed by atoms with Crippen LogP contribution in [0.3, 0.4) is 0 Å². The van der Waals surface area contributed by atoms with Crippen LogP contribution in [0.1, 0.15) is 27.3 Å². The number of aromatic nitrogens is 2. The number of carbonyl (C=O) groups is 2. The van der Waals surface area contributed by atoms with E-state index in [9.17, 15) is 9.59 Å². The molecule has 2 aliphatic heterocycles. The standard InChI is InChI=1S/C25H27N5O2/c1-17-18(2)27-22-15-20(7-8-21(22)26-17)25(32)29-13-11-28(12-14-29)16-24(31)30-10-9-19-5-3-4-6-23(19)30/h3-8,15H,9-14,16H2,1-2H3. The van der Waals surface area contributed by atoms with Crippen molar-refractivity contribution in [3.8, 4) is 0 Å². The number of hydrogen-bond acceptors (Lipinski definition) is 5. The van der Waals surface area contributed by atoms with Gasteiger partial charge in [-0.3, -0.25) is 14.5 Å². The molecule has 164 valence electrons. The molecule has 32 heavy (non-hydrogen) atoms. The highest BCUT2D eigenvalue weighted by molar-refractivity contribution is 5.98. The topological polar surface area (TPSA) is 69.6 Å². The number of para-hydroxylation sites is 1. The lowest BCUT2D eigenvalue weighted by molar-refractivity contribution is -0.120. The maximum Gasteiger partial charge on any atom is 0.254 e. The summed E-state index contributed by atoms with van der Waals surface area (Å²) in [6, 6.07) is 13.6. The Hall–Kier alpha value is -3.32. The largest absolute Gasteiger partial charge is 0.336 e. The SMILES string of the molecule is Cc1nc2ccc(C(=O)N3CCN(CC(=O)N4CCc5ccccc54)CC3)cc2nc1C. The lowest BCUT2D eigenvalue weighted by atomic mass is 10.1. The van der Waals surface area contributed by atoms with Crippen molar-refractivity contribution < 1.29 is 9.59 Å². The first-order valence-corrected chi connectivity index (χ1v) is 11.1. The van der Waals surface area contributed by atoms with E-state index in [0.717, 1.165) is 41.1 Å². The van der Waals surface area contributed by atoms with Gasteiger partial charge in [-0.15, -0.1) is 0 Å². The van der Waals surface area contributed by atoms with Crippen LogP contribution in [0.2, 0.25) is 0 Å². The molecule has 2 aromatic carbocycles. The predicted octanol–water partition coefficient (Wildman–Crippen LogP) is 2.59. The summed E-state index contributed by atoms with van der Waals surface area (Å²) in [7, 11) is 0. The Morgan fingerprint density at radius 2 is 1.59 bits per heavy atom. The van der Waals surface area contributed by atoms with Crippen molar-refractivity contribution in [2.45, 2.75) is 20.3 Å². The van der Waals surface area contributed by atoms with Crippen LogP contribution in [0.4, 0.5) is 5.69 Å². The fraction of sp³-hybridized carbons (Fsp3) is 0.360. The summed E-state index contributed by atoms with van der Waals surface area (Å²) in [6.45, 7) is 7.61. The fourth-order valence-corrected chi connectivity index (χ4v) is 4.53. The molecule has 0 radical (unpaired) electrons. The summed E-state index contributed by atoms with van der Waals surface area (Å²) in [5.41, 5.74) is 6.23. The minimum Gasteiger partial charge on any atom is -0.336 e. The van der Waals surface area contributed by atoms with E-state index in [-0.39, 0.29) is 11.8 Å². The maximum atomic E-state index is 13.1. The van der Waals surface area contributed by atoms with Crippen LogP contribution in [0.5, 0.6) is 0 Å². The second-order valence-corrected chi connectivity index (χ2v) is 8.59. The Labute approximate surface area is 187 Å². The number of amides is 2. The molecular formula is C25H27N5O2. The van der Waals surface area contributed by atoms with Gasteiger partial charge in [0.05, 0.1) is 29.0 Å². The monoisotopic (exact) mass is 429 g/mol. The summed E-state index contributed by atoms with van der Waals surface area (Å²) >= 11 is 0. The highest BCUT2D eigenvalue weighted by Gasteiger charge is 2.28. The van der Waals surface area contributed by atoms with E-state index in [1.165, 1.54) is 5.56 Å². The molecule has 0 aliphatic carbocycles.